The Morgan fingerprint density at radius 2 is 1.68 bits per heavy atom. The van der Waals surface area contributed by atoms with Crippen molar-refractivity contribution in [2.45, 2.75) is 24.7 Å². The fourth-order valence-corrected chi connectivity index (χ4v) is 3.27. The van der Waals surface area contributed by atoms with Gasteiger partial charge in [-0.2, -0.15) is 0 Å². The molecular formula is C17H17NO3S. The molecular weight excluding hydrogens is 298 g/mol. The van der Waals surface area contributed by atoms with Gasteiger partial charge in [-0.15, -0.1) is 0 Å². The molecule has 0 saturated carbocycles. The van der Waals surface area contributed by atoms with Crippen LogP contribution in [0, 0.1) is 0 Å². The molecule has 0 atom stereocenters. The fourth-order valence-electron chi connectivity index (χ4n) is 2.62. The summed E-state index contributed by atoms with van der Waals surface area (Å²) < 4.78 is 23.5. The van der Waals surface area contributed by atoms with E-state index in [2.05, 4.69) is 18.8 Å². The van der Waals surface area contributed by atoms with Gasteiger partial charge in [0.15, 0.2) is 9.84 Å². The van der Waals surface area contributed by atoms with Crippen molar-refractivity contribution in [3.8, 4) is 0 Å². The van der Waals surface area contributed by atoms with Crippen molar-refractivity contribution in [2.24, 2.45) is 0 Å². The normalized spacial score (nSPS) is 12.4. The summed E-state index contributed by atoms with van der Waals surface area (Å²) in [4.78, 5) is 15.4. The molecule has 3 rings (SSSR count). The maximum Gasteiger partial charge on any atom is 0.256 e. The van der Waals surface area contributed by atoms with Crippen LogP contribution in [0.4, 0.5) is 0 Å². The molecule has 114 valence electrons. The first-order valence-corrected chi connectivity index (χ1v) is 8.96. The van der Waals surface area contributed by atoms with Crippen molar-refractivity contribution in [1.82, 2.24) is 4.98 Å². The van der Waals surface area contributed by atoms with Gasteiger partial charge in [0, 0.05) is 22.5 Å². The molecule has 0 amide bonds. The number of H-pyrrole nitrogens is 1. The number of fused-ring (bicyclic) bond motifs is 3. The number of benzene rings is 2. The zero-order valence-electron chi connectivity index (χ0n) is 12.7. The molecule has 22 heavy (non-hydrogen) atoms. The Hall–Kier alpha value is -2.14. The van der Waals surface area contributed by atoms with Gasteiger partial charge in [0.1, 0.15) is 0 Å². The van der Waals surface area contributed by atoms with Gasteiger partial charge >= 0.3 is 0 Å². The van der Waals surface area contributed by atoms with E-state index in [4.69, 9.17) is 0 Å². The van der Waals surface area contributed by atoms with Gasteiger partial charge in [-0.05, 0) is 41.1 Å². The van der Waals surface area contributed by atoms with Crippen LogP contribution in [-0.2, 0) is 9.84 Å². The molecule has 1 aromatic heterocycles. The molecule has 3 aromatic rings. The van der Waals surface area contributed by atoms with Gasteiger partial charge < -0.3 is 4.98 Å². The van der Waals surface area contributed by atoms with Gasteiger partial charge in [0.25, 0.3) is 5.56 Å². The van der Waals surface area contributed by atoms with Gasteiger partial charge in [0.2, 0.25) is 0 Å². The number of pyridine rings is 1. The summed E-state index contributed by atoms with van der Waals surface area (Å²) in [6.45, 7) is 4.14. The molecule has 2 aromatic carbocycles. The van der Waals surface area contributed by atoms with E-state index in [0.717, 1.165) is 16.3 Å². The van der Waals surface area contributed by atoms with Crippen molar-refractivity contribution >= 4 is 31.5 Å². The molecule has 1 N–H and O–H groups in total. The van der Waals surface area contributed by atoms with Gasteiger partial charge in [0.05, 0.1) is 4.90 Å². The zero-order chi connectivity index (χ0) is 16.1. The number of aromatic nitrogens is 1. The lowest BCUT2D eigenvalue weighted by molar-refractivity contribution is 0.602. The first-order chi connectivity index (χ1) is 10.3. The molecule has 0 bridgehead atoms. The summed E-state index contributed by atoms with van der Waals surface area (Å²) in [7, 11) is -3.29. The highest BCUT2D eigenvalue weighted by molar-refractivity contribution is 7.90. The van der Waals surface area contributed by atoms with E-state index in [1.165, 1.54) is 12.3 Å². The van der Waals surface area contributed by atoms with Gasteiger partial charge in [-0.25, -0.2) is 8.42 Å². The Bertz CT molecular complexity index is 1050. The highest BCUT2D eigenvalue weighted by atomic mass is 32.2. The Morgan fingerprint density at radius 3 is 2.32 bits per heavy atom. The molecule has 0 radical (unpaired) electrons. The van der Waals surface area contributed by atoms with Crippen molar-refractivity contribution in [3.63, 3.8) is 0 Å². The molecule has 0 aliphatic carbocycles. The van der Waals surface area contributed by atoms with E-state index in [0.29, 0.717) is 16.8 Å². The molecule has 0 aliphatic rings. The van der Waals surface area contributed by atoms with Crippen LogP contribution < -0.4 is 5.56 Å². The minimum absolute atomic E-state index is 0.155. The van der Waals surface area contributed by atoms with E-state index in [9.17, 15) is 13.2 Å². The molecule has 0 spiro atoms. The average Bonchev–Trinajstić information content (AvgIpc) is 2.45. The Labute approximate surface area is 128 Å². The van der Waals surface area contributed by atoms with E-state index in [-0.39, 0.29) is 10.5 Å². The Morgan fingerprint density at radius 1 is 0.955 bits per heavy atom. The second-order valence-electron chi connectivity index (χ2n) is 5.89. The van der Waals surface area contributed by atoms with Crippen molar-refractivity contribution < 1.29 is 8.42 Å². The second-order valence-corrected chi connectivity index (χ2v) is 7.91. The van der Waals surface area contributed by atoms with Crippen molar-refractivity contribution in [3.05, 3.63) is 52.3 Å². The third kappa shape index (κ3) is 2.41. The fraction of sp³-hybridized carbons (Fsp3) is 0.235. The quantitative estimate of drug-likeness (QED) is 0.738. The molecule has 1 heterocycles. The summed E-state index contributed by atoms with van der Waals surface area (Å²) in [5.74, 6) is 0.321. The van der Waals surface area contributed by atoms with Crippen molar-refractivity contribution in [2.75, 3.05) is 6.26 Å². The first-order valence-electron chi connectivity index (χ1n) is 7.07. The van der Waals surface area contributed by atoms with E-state index >= 15 is 0 Å². The molecule has 4 nitrogen and oxygen atoms in total. The van der Waals surface area contributed by atoms with E-state index < -0.39 is 9.84 Å². The van der Waals surface area contributed by atoms with Crippen LogP contribution in [0.15, 0.2) is 46.1 Å². The largest absolute Gasteiger partial charge is 0.321 e. The number of sulfone groups is 1. The van der Waals surface area contributed by atoms with E-state index in [1.54, 1.807) is 12.1 Å². The minimum Gasteiger partial charge on any atom is -0.321 e. The molecule has 0 aliphatic heterocycles. The number of hydrogen-bond acceptors (Lipinski definition) is 3. The number of nitrogens with one attached hydrogen (secondary N) is 1. The topological polar surface area (TPSA) is 67.0 Å². The van der Waals surface area contributed by atoms with Crippen LogP contribution >= 0.6 is 0 Å². The van der Waals surface area contributed by atoms with E-state index in [1.807, 2.05) is 18.2 Å². The lowest BCUT2D eigenvalue weighted by Gasteiger charge is -2.09. The lowest BCUT2D eigenvalue weighted by Crippen LogP contribution is -2.07. The van der Waals surface area contributed by atoms with Crippen LogP contribution in [-0.4, -0.2) is 19.7 Å². The first kappa shape index (κ1) is 14.8. The van der Waals surface area contributed by atoms with Gasteiger partial charge in [-0.3, -0.25) is 4.79 Å². The molecule has 0 saturated heterocycles. The van der Waals surface area contributed by atoms with Gasteiger partial charge in [-0.1, -0.05) is 26.0 Å². The van der Waals surface area contributed by atoms with Crippen LogP contribution in [0.2, 0.25) is 0 Å². The molecule has 0 fully saturated rings. The van der Waals surface area contributed by atoms with Crippen LogP contribution in [0.1, 0.15) is 25.3 Å². The highest BCUT2D eigenvalue weighted by Gasteiger charge is 2.12. The average molecular weight is 315 g/mol. The molecule has 5 heteroatoms. The second kappa shape index (κ2) is 4.95. The standard InChI is InChI=1S/C17H17NO3S/c1-10(2)11-4-6-13-14-9-12(22(3,20)21)5-7-16(14)18-17(19)15(13)8-11/h4-10H,1-3H3,(H,18,19). The monoisotopic (exact) mass is 315 g/mol. The number of rotatable bonds is 2. The SMILES string of the molecule is CC(C)c1ccc2c(c1)c(=O)[nH]c1ccc(S(C)(=O)=O)cc12. The predicted molar refractivity (Wildman–Crippen MR) is 89.3 cm³/mol. The Kier molecular flexibility index (Phi) is 3.33. The maximum atomic E-state index is 12.3. The minimum atomic E-state index is -3.29. The summed E-state index contributed by atoms with van der Waals surface area (Å²) in [6.07, 6.45) is 1.18. The highest BCUT2D eigenvalue weighted by Crippen LogP contribution is 2.26. The maximum absolute atomic E-state index is 12.3. The van der Waals surface area contributed by atoms with Crippen molar-refractivity contribution in [1.29, 1.82) is 0 Å². The lowest BCUT2D eigenvalue weighted by atomic mass is 9.98. The smallest absolute Gasteiger partial charge is 0.256 e. The third-order valence-electron chi connectivity index (χ3n) is 3.91. The third-order valence-corrected chi connectivity index (χ3v) is 5.02. The number of aromatic amines is 1. The summed E-state index contributed by atoms with van der Waals surface area (Å²) in [6, 6.07) is 10.5. The zero-order valence-corrected chi connectivity index (χ0v) is 13.5. The van der Waals surface area contributed by atoms with Crippen LogP contribution in [0.25, 0.3) is 21.7 Å². The molecule has 0 unspecified atom stereocenters. The van der Waals surface area contributed by atoms with Crippen LogP contribution in [0.5, 0.6) is 0 Å². The summed E-state index contributed by atoms with van der Waals surface area (Å²) in [5.41, 5.74) is 1.57. The Balaban J connectivity index is 2.45. The predicted octanol–water partition coefficient (Wildman–Crippen LogP) is 3.21. The summed E-state index contributed by atoms with van der Waals surface area (Å²) >= 11 is 0. The number of hydrogen-bond donors (Lipinski definition) is 1. The summed E-state index contributed by atoms with van der Waals surface area (Å²) in [5, 5.41) is 2.10. The van der Waals surface area contributed by atoms with Crippen LogP contribution in [0.3, 0.4) is 0 Å².